The molecular weight excluding hydrogens is 456 g/mol. The number of nitrogens with one attached hydrogen (secondary N) is 2. The minimum Gasteiger partial charge on any atom is -0.346 e. The molecule has 1 fully saturated rings. The summed E-state index contributed by atoms with van der Waals surface area (Å²) in [6.07, 6.45) is 11.6. The summed E-state index contributed by atoms with van der Waals surface area (Å²) in [6, 6.07) is 0.439. The summed E-state index contributed by atoms with van der Waals surface area (Å²) in [7, 11) is 0. The molecule has 0 amide bonds. The van der Waals surface area contributed by atoms with Crippen molar-refractivity contribution in [2.45, 2.75) is 64.8 Å². The molecule has 2 aliphatic rings. The van der Waals surface area contributed by atoms with E-state index in [1.807, 2.05) is 4.52 Å². The van der Waals surface area contributed by atoms with Crippen molar-refractivity contribution in [1.82, 2.24) is 39.9 Å². The van der Waals surface area contributed by atoms with Gasteiger partial charge in [-0.1, -0.05) is 19.1 Å². The van der Waals surface area contributed by atoms with Crippen LogP contribution >= 0.6 is 11.3 Å². The van der Waals surface area contributed by atoms with Gasteiger partial charge in [-0.15, -0.1) is 16.4 Å². The summed E-state index contributed by atoms with van der Waals surface area (Å²) in [5.41, 5.74) is 9.99. The van der Waals surface area contributed by atoms with Gasteiger partial charge < -0.3 is 10.3 Å². The van der Waals surface area contributed by atoms with Gasteiger partial charge >= 0.3 is 0 Å². The van der Waals surface area contributed by atoms with Crippen molar-refractivity contribution in [3.63, 3.8) is 0 Å². The standard InChI is InChI=1S/C26H30N8S/c1-14(2)21-22-15(3)24(20-12-33(32-31-20)16-7-9-27-10-8-16)35-26(22)30-23(21)19-11-34-25(28-13-29-34)18-6-4-5-17(18)19/h11-14,16,27,30H,4-10H2,1-3H3. The number of H-pyrrole nitrogens is 1. The van der Waals surface area contributed by atoms with E-state index >= 15 is 0 Å². The topological polar surface area (TPSA) is 88.7 Å². The third kappa shape index (κ3) is 3.21. The Bertz CT molecular complexity index is 1560. The maximum atomic E-state index is 4.60. The molecule has 1 aliphatic heterocycles. The van der Waals surface area contributed by atoms with Crippen molar-refractivity contribution in [2.75, 3.05) is 13.1 Å². The van der Waals surface area contributed by atoms with E-state index in [0.29, 0.717) is 12.0 Å². The Morgan fingerprint density at radius 1 is 1.11 bits per heavy atom. The van der Waals surface area contributed by atoms with Gasteiger partial charge in [0.15, 0.2) is 5.65 Å². The molecule has 1 saturated heterocycles. The minimum atomic E-state index is 0.383. The van der Waals surface area contributed by atoms with Gasteiger partial charge in [0.05, 0.1) is 22.8 Å². The molecule has 0 atom stereocenters. The molecule has 5 aromatic rings. The highest BCUT2D eigenvalue weighted by atomic mass is 32.1. The monoisotopic (exact) mass is 486 g/mol. The summed E-state index contributed by atoms with van der Waals surface area (Å²) < 4.78 is 4.03. The van der Waals surface area contributed by atoms with Crippen LogP contribution in [0.15, 0.2) is 18.7 Å². The van der Waals surface area contributed by atoms with E-state index in [2.05, 4.69) is 68.5 Å². The van der Waals surface area contributed by atoms with Crippen LogP contribution in [-0.2, 0) is 12.8 Å². The van der Waals surface area contributed by atoms with Crippen LogP contribution in [0, 0.1) is 6.92 Å². The number of hydrogen-bond donors (Lipinski definition) is 2. The molecule has 0 spiro atoms. The lowest BCUT2D eigenvalue weighted by Crippen LogP contribution is -2.29. The molecule has 0 unspecified atom stereocenters. The number of fused-ring (bicyclic) bond motifs is 4. The number of piperidine rings is 1. The smallest absolute Gasteiger partial charge is 0.158 e. The van der Waals surface area contributed by atoms with Gasteiger partial charge in [0.1, 0.15) is 16.9 Å². The number of rotatable bonds is 4. The third-order valence-corrected chi connectivity index (χ3v) is 9.06. The number of nitrogens with zero attached hydrogens (tertiary/aromatic N) is 6. The van der Waals surface area contributed by atoms with E-state index in [4.69, 9.17) is 0 Å². The fourth-order valence-corrected chi connectivity index (χ4v) is 7.34. The molecule has 35 heavy (non-hydrogen) atoms. The van der Waals surface area contributed by atoms with Gasteiger partial charge in [-0.2, -0.15) is 5.10 Å². The van der Waals surface area contributed by atoms with Gasteiger partial charge in [-0.3, -0.25) is 0 Å². The Balaban J connectivity index is 1.37. The van der Waals surface area contributed by atoms with Crippen molar-refractivity contribution in [3.05, 3.63) is 41.0 Å². The van der Waals surface area contributed by atoms with Gasteiger partial charge in [0.2, 0.25) is 0 Å². The van der Waals surface area contributed by atoms with Crippen molar-refractivity contribution in [2.24, 2.45) is 0 Å². The van der Waals surface area contributed by atoms with Crippen LogP contribution in [0.5, 0.6) is 0 Å². The van der Waals surface area contributed by atoms with Crippen LogP contribution in [0.4, 0.5) is 0 Å². The zero-order valence-corrected chi connectivity index (χ0v) is 21.2. The summed E-state index contributed by atoms with van der Waals surface area (Å²) in [5, 5.41) is 18.4. The van der Waals surface area contributed by atoms with Crippen molar-refractivity contribution in [3.8, 4) is 21.8 Å². The normalized spacial score (nSPS) is 16.8. The van der Waals surface area contributed by atoms with E-state index < -0.39 is 0 Å². The molecule has 2 N–H and O–H groups in total. The molecule has 0 saturated carbocycles. The Labute approximate surface area is 207 Å². The quantitative estimate of drug-likeness (QED) is 0.371. The summed E-state index contributed by atoms with van der Waals surface area (Å²) in [6.45, 7) is 8.93. The van der Waals surface area contributed by atoms with Crippen molar-refractivity contribution in [1.29, 1.82) is 0 Å². The molecule has 0 bridgehead atoms. The lowest BCUT2D eigenvalue weighted by atomic mass is 9.93. The molecule has 8 nitrogen and oxygen atoms in total. The second kappa shape index (κ2) is 7.99. The zero-order valence-electron chi connectivity index (χ0n) is 20.4. The highest BCUT2D eigenvalue weighted by Gasteiger charge is 2.28. The second-order valence-electron chi connectivity index (χ2n) is 10.3. The highest BCUT2D eigenvalue weighted by Crippen LogP contribution is 2.46. The van der Waals surface area contributed by atoms with Crippen LogP contribution in [0.3, 0.4) is 0 Å². The van der Waals surface area contributed by atoms with E-state index in [0.717, 1.165) is 50.1 Å². The molecule has 0 radical (unpaired) electrons. The largest absolute Gasteiger partial charge is 0.346 e. The lowest BCUT2D eigenvalue weighted by Gasteiger charge is -2.22. The predicted octanol–water partition coefficient (Wildman–Crippen LogP) is 5.04. The Morgan fingerprint density at radius 2 is 1.94 bits per heavy atom. The molecule has 1 aliphatic carbocycles. The van der Waals surface area contributed by atoms with Crippen molar-refractivity contribution >= 4 is 27.2 Å². The molecule has 0 aromatic carbocycles. The predicted molar refractivity (Wildman–Crippen MR) is 139 cm³/mol. The first-order valence-corrected chi connectivity index (χ1v) is 13.5. The zero-order chi connectivity index (χ0) is 23.7. The highest BCUT2D eigenvalue weighted by molar-refractivity contribution is 7.22. The molecule has 6 heterocycles. The molecule has 5 aromatic heterocycles. The summed E-state index contributed by atoms with van der Waals surface area (Å²) in [5.74, 6) is 0.383. The number of thiophene rings is 1. The fourth-order valence-electron chi connectivity index (χ4n) is 6.16. The van der Waals surface area contributed by atoms with E-state index in [1.54, 1.807) is 17.7 Å². The second-order valence-corrected chi connectivity index (χ2v) is 11.3. The average molecular weight is 487 g/mol. The first-order chi connectivity index (χ1) is 17.1. The molecular formula is C26H30N8S. The SMILES string of the molecule is Cc1c(-c2cn(C3CCNCC3)nn2)sc2[nH]c(-c3cn4ncnc4c4c3CCC4)c(C(C)C)c12. The molecule has 7 rings (SSSR count). The van der Waals surface area contributed by atoms with E-state index in [-0.39, 0.29) is 0 Å². The van der Waals surface area contributed by atoms with Crippen LogP contribution in [0.25, 0.3) is 37.7 Å². The van der Waals surface area contributed by atoms with Gasteiger partial charge in [0, 0.05) is 22.7 Å². The molecule has 9 heteroatoms. The van der Waals surface area contributed by atoms with Crippen LogP contribution in [0.2, 0.25) is 0 Å². The number of hydrogen-bond acceptors (Lipinski definition) is 6. The van der Waals surface area contributed by atoms with E-state index in [9.17, 15) is 0 Å². The number of aromatic nitrogens is 7. The maximum Gasteiger partial charge on any atom is 0.158 e. The number of pyridine rings is 1. The average Bonchev–Trinajstić information content (AvgIpc) is 3.67. The minimum absolute atomic E-state index is 0.383. The lowest BCUT2D eigenvalue weighted by molar-refractivity contribution is 0.337. The third-order valence-electron chi connectivity index (χ3n) is 7.83. The van der Waals surface area contributed by atoms with Gasteiger partial charge in [-0.05, 0) is 74.7 Å². The molecule has 180 valence electrons. The van der Waals surface area contributed by atoms with E-state index in [1.165, 1.54) is 55.0 Å². The maximum absolute atomic E-state index is 4.60. The first kappa shape index (κ1) is 21.3. The Kier molecular flexibility index (Phi) is 4.86. The van der Waals surface area contributed by atoms with Crippen LogP contribution in [0.1, 0.15) is 67.3 Å². The fraction of sp³-hybridized carbons (Fsp3) is 0.462. The van der Waals surface area contributed by atoms with Crippen molar-refractivity contribution < 1.29 is 0 Å². The summed E-state index contributed by atoms with van der Waals surface area (Å²) in [4.78, 5) is 10.8. The Morgan fingerprint density at radius 3 is 2.77 bits per heavy atom. The number of aryl methyl sites for hydroxylation is 2. The van der Waals surface area contributed by atoms with Crippen LogP contribution < -0.4 is 5.32 Å². The Hall–Kier alpha value is -3.04. The van der Waals surface area contributed by atoms with Crippen LogP contribution in [-0.4, -0.2) is 47.7 Å². The first-order valence-electron chi connectivity index (χ1n) is 12.7. The van der Waals surface area contributed by atoms with Gasteiger partial charge in [0.25, 0.3) is 0 Å². The van der Waals surface area contributed by atoms with Gasteiger partial charge in [-0.25, -0.2) is 14.2 Å². The number of aromatic amines is 1. The summed E-state index contributed by atoms with van der Waals surface area (Å²) >= 11 is 1.80.